The van der Waals surface area contributed by atoms with E-state index in [4.69, 9.17) is 4.18 Å². The number of benzene rings is 4. The van der Waals surface area contributed by atoms with E-state index >= 15 is 0 Å². The minimum absolute atomic E-state index is 0.0145. The highest BCUT2D eigenvalue weighted by atomic mass is 32.2. The van der Waals surface area contributed by atoms with Crippen LogP contribution in [0.2, 0.25) is 0 Å². The van der Waals surface area contributed by atoms with Gasteiger partial charge in [-0.2, -0.15) is 8.42 Å². The molecule has 1 aliphatic heterocycles. The molecule has 0 N–H and O–H groups in total. The Kier molecular flexibility index (Phi) is 6.70. The van der Waals surface area contributed by atoms with E-state index in [1.54, 1.807) is 24.3 Å². The second-order valence-electron chi connectivity index (χ2n) is 8.31. The second-order valence-corrected chi connectivity index (χ2v) is 10.8. The smallest absolute Gasteiger partial charge is 0.339 e. The third kappa shape index (κ3) is 5.29. The van der Waals surface area contributed by atoms with E-state index in [0.717, 1.165) is 27.4 Å². The van der Waals surface area contributed by atoms with E-state index in [9.17, 15) is 28.1 Å². The zero-order chi connectivity index (χ0) is 26.9. The number of hydrogen-bond acceptors (Lipinski definition) is 8. The molecule has 9 nitrogen and oxygen atoms in total. The van der Waals surface area contributed by atoms with Crippen LogP contribution in [0.3, 0.4) is 0 Å². The zero-order valence-corrected chi connectivity index (χ0v) is 21.1. The van der Waals surface area contributed by atoms with Crippen LogP contribution < -0.4 is 4.18 Å². The molecule has 1 fully saturated rings. The lowest BCUT2D eigenvalue weighted by atomic mass is 10.1. The van der Waals surface area contributed by atoms with Crippen LogP contribution in [0.1, 0.15) is 11.1 Å². The number of hydrogen-bond donors (Lipinski definition) is 0. The molecule has 5 rings (SSSR count). The molecule has 1 saturated heterocycles. The van der Waals surface area contributed by atoms with Gasteiger partial charge in [0, 0.05) is 12.1 Å². The zero-order valence-electron chi connectivity index (χ0n) is 19.5. The Labute approximate surface area is 221 Å². The van der Waals surface area contributed by atoms with Gasteiger partial charge in [0.15, 0.2) is 0 Å². The van der Waals surface area contributed by atoms with Gasteiger partial charge in [0.1, 0.15) is 10.6 Å². The molecule has 1 aliphatic rings. The molecule has 1 heterocycles. The lowest BCUT2D eigenvalue weighted by Gasteiger charge is -2.12. The number of non-ortho nitro benzene ring substituents is 1. The number of imide groups is 1. The van der Waals surface area contributed by atoms with Gasteiger partial charge in [-0.15, -0.1) is 0 Å². The maximum atomic E-state index is 12.8. The van der Waals surface area contributed by atoms with Crippen molar-refractivity contribution in [2.75, 3.05) is 0 Å². The number of rotatable bonds is 7. The Morgan fingerprint density at radius 1 is 0.895 bits per heavy atom. The predicted molar refractivity (Wildman–Crippen MR) is 143 cm³/mol. The van der Waals surface area contributed by atoms with E-state index in [1.807, 2.05) is 24.3 Å². The molecule has 0 radical (unpaired) electrons. The van der Waals surface area contributed by atoms with E-state index in [0.29, 0.717) is 11.1 Å². The van der Waals surface area contributed by atoms with Crippen LogP contribution in [0.5, 0.6) is 5.75 Å². The molecule has 0 spiro atoms. The summed E-state index contributed by atoms with van der Waals surface area (Å²) >= 11 is 0.779. The number of carbonyl (C=O) groups is 2. The fourth-order valence-corrected chi connectivity index (χ4v) is 5.62. The first kappa shape index (κ1) is 25.2. The largest absolute Gasteiger partial charge is 0.379 e. The highest BCUT2D eigenvalue weighted by molar-refractivity contribution is 8.18. The van der Waals surface area contributed by atoms with Crippen molar-refractivity contribution in [3.63, 3.8) is 0 Å². The Hall–Kier alpha value is -4.48. The van der Waals surface area contributed by atoms with Crippen LogP contribution in [0.15, 0.2) is 101 Å². The van der Waals surface area contributed by atoms with Crippen LogP contribution >= 0.6 is 11.8 Å². The first-order valence-corrected chi connectivity index (χ1v) is 13.4. The number of carbonyl (C=O) groups excluding carboxylic acids is 2. The Balaban J connectivity index is 1.28. The lowest BCUT2D eigenvalue weighted by Crippen LogP contribution is -2.27. The van der Waals surface area contributed by atoms with Crippen molar-refractivity contribution in [2.45, 2.75) is 11.4 Å². The minimum Gasteiger partial charge on any atom is -0.379 e. The highest BCUT2D eigenvalue weighted by Gasteiger charge is 2.35. The van der Waals surface area contributed by atoms with Gasteiger partial charge in [0.2, 0.25) is 0 Å². The normalized spacial score (nSPS) is 14.8. The number of nitro groups is 1. The maximum Gasteiger partial charge on any atom is 0.339 e. The molecular weight excluding hydrogens is 528 g/mol. The standard InChI is InChI=1S/C27H18N2O7S2/c30-26-25(37-27(31)28(26)17-19-5-10-22(11-6-19)29(32)33)15-18-7-12-23(13-8-18)36-38(34,35)24-14-9-20-3-1-2-4-21(20)16-24/h1-16H,17H2/b25-15-. The van der Waals surface area contributed by atoms with Crippen LogP contribution in [-0.2, 0) is 21.5 Å². The van der Waals surface area contributed by atoms with Gasteiger partial charge in [-0.25, -0.2) is 0 Å². The van der Waals surface area contributed by atoms with Crippen molar-refractivity contribution in [3.8, 4) is 5.75 Å². The third-order valence-electron chi connectivity index (χ3n) is 5.75. The summed E-state index contributed by atoms with van der Waals surface area (Å²) < 4.78 is 30.8. The number of fused-ring (bicyclic) bond motifs is 1. The van der Waals surface area contributed by atoms with Gasteiger partial charge in [-0.05, 0) is 64.0 Å². The van der Waals surface area contributed by atoms with Crippen molar-refractivity contribution < 1.29 is 27.1 Å². The predicted octanol–water partition coefficient (Wildman–Crippen LogP) is 5.75. The molecule has 0 bridgehead atoms. The molecule has 38 heavy (non-hydrogen) atoms. The average molecular weight is 547 g/mol. The van der Waals surface area contributed by atoms with E-state index < -0.39 is 26.2 Å². The molecule has 0 aromatic heterocycles. The summed E-state index contributed by atoms with van der Waals surface area (Å²) in [5, 5.41) is 12.0. The van der Waals surface area contributed by atoms with E-state index in [-0.39, 0.29) is 27.8 Å². The molecule has 0 aliphatic carbocycles. The fourth-order valence-electron chi connectivity index (χ4n) is 3.81. The molecule has 11 heteroatoms. The van der Waals surface area contributed by atoms with Crippen molar-refractivity contribution in [2.24, 2.45) is 0 Å². The Bertz CT molecular complexity index is 1710. The first-order valence-electron chi connectivity index (χ1n) is 11.2. The monoisotopic (exact) mass is 546 g/mol. The molecule has 4 aromatic rings. The van der Waals surface area contributed by atoms with Gasteiger partial charge in [-0.3, -0.25) is 24.6 Å². The van der Waals surface area contributed by atoms with E-state index in [1.165, 1.54) is 48.5 Å². The molecule has 4 aromatic carbocycles. The van der Waals surface area contributed by atoms with Crippen LogP contribution in [0.4, 0.5) is 10.5 Å². The SMILES string of the molecule is O=C1S/C(=C\c2ccc(OS(=O)(=O)c3ccc4ccccc4c3)cc2)C(=O)N1Cc1ccc([N+](=O)[O-])cc1. The quantitative estimate of drug-likeness (QED) is 0.124. The van der Waals surface area contributed by atoms with Gasteiger partial charge in [0.05, 0.1) is 16.4 Å². The summed E-state index contributed by atoms with van der Waals surface area (Å²) in [4.78, 5) is 36.8. The summed E-state index contributed by atoms with van der Waals surface area (Å²) in [7, 11) is -4.06. The molecule has 2 amide bonds. The number of amides is 2. The van der Waals surface area contributed by atoms with Gasteiger partial charge in [0.25, 0.3) is 16.8 Å². The average Bonchev–Trinajstić information content (AvgIpc) is 3.17. The summed E-state index contributed by atoms with van der Waals surface area (Å²) in [6.45, 7) is -0.0145. The molecule has 0 saturated carbocycles. The Morgan fingerprint density at radius 2 is 1.58 bits per heavy atom. The number of nitro benzene ring substituents is 1. The maximum absolute atomic E-state index is 12.8. The summed E-state index contributed by atoms with van der Waals surface area (Å²) in [5.41, 5.74) is 1.06. The summed E-state index contributed by atoms with van der Waals surface area (Å²) in [5.74, 6) is -0.390. The highest BCUT2D eigenvalue weighted by Crippen LogP contribution is 2.34. The van der Waals surface area contributed by atoms with Crippen molar-refractivity contribution >= 4 is 55.6 Å². The van der Waals surface area contributed by atoms with Crippen LogP contribution in [0, 0.1) is 10.1 Å². The van der Waals surface area contributed by atoms with Crippen molar-refractivity contribution in [1.82, 2.24) is 4.90 Å². The molecule has 0 unspecified atom stereocenters. The first-order chi connectivity index (χ1) is 18.2. The number of thioether (sulfide) groups is 1. The third-order valence-corrected chi connectivity index (χ3v) is 7.91. The lowest BCUT2D eigenvalue weighted by molar-refractivity contribution is -0.384. The minimum atomic E-state index is -4.06. The molecule has 190 valence electrons. The topological polar surface area (TPSA) is 124 Å². The van der Waals surface area contributed by atoms with Crippen molar-refractivity contribution in [1.29, 1.82) is 0 Å². The Morgan fingerprint density at radius 3 is 2.26 bits per heavy atom. The number of nitrogens with zero attached hydrogens (tertiary/aromatic N) is 2. The molecular formula is C27H18N2O7S2. The van der Waals surface area contributed by atoms with Gasteiger partial charge >= 0.3 is 10.1 Å². The molecule has 0 atom stereocenters. The second kappa shape index (κ2) is 10.1. The summed E-state index contributed by atoms with van der Waals surface area (Å²) in [6.07, 6.45) is 1.53. The van der Waals surface area contributed by atoms with Gasteiger partial charge in [-0.1, -0.05) is 54.6 Å². The van der Waals surface area contributed by atoms with Crippen LogP contribution in [-0.4, -0.2) is 29.4 Å². The summed E-state index contributed by atoms with van der Waals surface area (Å²) in [6, 6.07) is 23.8. The fraction of sp³-hybridized carbons (Fsp3) is 0.0370. The van der Waals surface area contributed by atoms with Crippen molar-refractivity contribution in [3.05, 3.63) is 117 Å². The van der Waals surface area contributed by atoms with Gasteiger partial charge < -0.3 is 4.18 Å². The van der Waals surface area contributed by atoms with Crippen LogP contribution in [0.25, 0.3) is 16.8 Å². The van der Waals surface area contributed by atoms with E-state index in [2.05, 4.69) is 0 Å².